The van der Waals surface area contributed by atoms with Crippen LogP contribution >= 0.6 is 0 Å². The van der Waals surface area contributed by atoms with Gasteiger partial charge in [-0.3, -0.25) is 4.98 Å². The number of piperidine rings is 1. The lowest BCUT2D eigenvalue weighted by Gasteiger charge is -2.30. The first-order valence-corrected chi connectivity index (χ1v) is 12.4. The molecule has 1 aliphatic rings. The average Bonchev–Trinajstić information content (AvgIpc) is 2.84. The Morgan fingerprint density at radius 2 is 1.88 bits per heavy atom. The highest BCUT2D eigenvalue weighted by Gasteiger charge is 2.16. The Bertz CT molecular complexity index is 1150. The van der Waals surface area contributed by atoms with Gasteiger partial charge < -0.3 is 15.5 Å². The summed E-state index contributed by atoms with van der Waals surface area (Å²) in [6.45, 7) is 17.2. The molecule has 1 aliphatic heterocycles. The van der Waals surface area contributed by atoms with Gasteiger partial charge in [0.05, 0.1) is 5.69 Å². The van der Waals surface area contributed by atoms with Crippen molar-refractivity contribution < 1.29 is 0 Å². The number of pyridine rings is 1. The highest BCUT2D eigenvalue weighted by Crippen LogP contribution is 2.21. The third-order valence-electron chi connectivity index (χ3n) is 6.48. The van der Waals surface area contributed by atoms with Gasteiger partial charge >= 0.3 is 0 Å². The highest BCUT2D eigenvalue weighted by atomic mass is 15.1. The van der Waals surface area contributed by atoms with Crippen molar-refractivity contribution >= 4 is 29.7 Å². The zero-order chi connectivity index (χ0) is 24.5. The molecular formula is C30H40N4. The molecule has 1 aromatic heterocycles. The summed E-state index contributed by atoms with van der Waals surface area (Å²) in [5, 5.41) is 9.24. The quantitative estimate of drug-likeness (QED) is 0.485. The van der Waals surface area contributed by atoms with Crippen LogP contribution in [0, 0.1) is 0 Å². The van der Waals surface area contributed by atoms with Gasteiger partial charge in [0.1, 0.15) is 0 Å². The van der Waals surface area contributed by atoms with Crippen molar-refractivity contribution in [2.45, 2.75) is 52.5 Å². The van der Waals surface area contributed by atoms with Crippen LogP contribution in [0.25, 0.3) is 18.4 Å². The Kier molecular flexibility index (Phi) is 9.29. The molecule has 0 amide bonds. The standard InChI is InChI=1S/C30H40N4/c1-7-10-24(8-2)25(9-3)17-26-18-29(12-11-22(26)4)32-23(5)27-19-30(21-31-20-27)33-28-13-15-34(6)16-14-28/h8-9,11-12,17-21,28,32-33H,4-5,7,10,13-16H2,1-3,6H3/b24-8+,25-9?,26-17-. The number of nitrogens with one attached hydrogen (secondary N) is 2. The van der Waals surface area contributed by atoms with Crippen molar-refractivity contribution in [3.05, 3.63) is 82.5 Å². The zero-order valence-corrected chi connectivity index (χ0v) is 21.3. The number of hydrogen-bond donors (Lipinski definition) is 2. The van der Waals surface area contributed by atoms with Gasteiger partial charge in [0, 0.05) is 35.4 Å². The Hall–Kier alpha value is -3.11. The van der Waals surface area contributed by atoms with E-state index in [1.807, 2.05) is 12.4 Å². The van der Waals surface area contributed by atoms with Gasteiger partial charge in [-0.15, -0.1) is 0 Å². The maximum Gasteiger partial charge on any atom is 0.0535 e. The minimum atomic E-state index is 0.493. The normalized spacial score (nSPS) is 16.5. The molecule has 1 saturated heterocycles. The summed E-state index contributed by atoms with van der Waals surface area (Å²) in [4.78, 5) is 6.83. The minimum absolute atomic E-state index is 0.493. The van der Waals surface area contributed by atoms with Crippen LogP contribution in [0.2, 0.25) is 0 Å². The molecule has 0 aliphatic carbocycles. The molecular weight excluding hydrogens is 416 g/mol. The number of nitrogens with zero attached hydrogens (tertiary/aromatic N) is 2. The van der Waals surface area contributed by atoms with E-state index >= 15 is 0 Å². The van der Waals surface area contributed by atoms with Crippen LogP contribution in [-0.2, 0) is 0 Å². The van der Waals surface area contributed by atoms with Crippen LogP contribution in [-0.4, -0.2) is 36.1 Å². The third kappa shape index (κ3) is 6.94. The fourth-order valence-electron chi connectivity index (χ4n) is 4.38. The molecule has 2 aromatic rings. The van der Waals surface area contributed by atoms with Gasteiger partial charge in [-0.05, 0) is 99.1 Å². The molecule has 0 bridgehead atoms. The van der Waals surface area contributed by atoms with E-state index in [-0.39, 0.29) is 0 Å². The van der Waals surface area contributed by atoms with Crippen LogP contribution in [0.4, 0.5) is 11.4 Å². The second-order valence-electron chi connectivity index (χ2n) is 9.15. The van der Waals surface area contributed by atoms with Crippen LogP contribution in [0.15, 0.2) is 66.5 Å². The molecule has 0 saturated carbocycles. The first-order valence-electron chi connectivity index (χ1n) is 12.4. The molecule has 4 heteroatoms. The van der Waals surface area contributed by atoms with E-state index in [2.05, 4.69) is 104 Å². The monoisotopic (exact) mass is 456 g/mol. The SMILES string of the molecule is C=C(Nc1ccc(=C)/c(=C\C(=CC)/C(=C/C)CCC)c1)c1cncc(NC2CCN(C)CC2)c1. The first kappa shape index (κ1) is 25.5. The van der Waals surface area contributed by atoms with Gasteiger partial charge in [0.25, 0.3) is 0 Å². The van der Waals surface area contributed by atoms with Crippen LogP contribution in [0.1, 0.15) is 52.0 Å². The van der Waals surface area contributed by atoms with Crippen LogP contribution in [0.3, 0.4) is 0 Å². The lowest BCUT2D eigenvalue weighted by molar-refractivity contribution is 0.264. The van der Waals surface area contributed by atoms with Crippen molar-refractivity contribution in [1.82, 2.24) is 9.88 Å². The molecule has 2 N–H and O–H groups in total. The number of benzene rings is 1. The average molecular weight is 457 g/mol. The largest absolute Gasteiger partial charge is 0.381 e. The van der Waals surface area contributed by atoms with Crippen molar-refractivity contribution in [3.63, 3.8) is 0 Å². The number of allylic oxidation sites excluding steroid dienone is 4. The molecule has 0 atom stereocenters. The lowest BCUT2D eigenvalue weighted by atomic mass is 9.99. The van der Waals surface area contributed by atoms with E-state index in [0.717, 1.165) is 71.8 Å². The summed E-state index contributed by atoms with van der Waals surface area (Å²) in [5.74, 6) is 0. The second-order valence-corrected chi connectivity index (χ2v) is 9.15. The summed E-state index contributed by atoms with van der Waals surface area (Å²) >= 11 is 0. The van der Waals surface area contributed by atoms with Crippen molar-refractivity contribution in [2.24, 2.45) is 0 Å². The van der Waals surface area contributed by atoms with Gasteiger partial charge in [0.2, 0.25) is 0 Å². The van der Waals surface area contributed by atoms with Gasteiger partial charge in [-0.25, -0.2) is 0 Å². The summed E-state index contributed by atoms with van der Waals surface area (Å²) in [6.07, 6.45) is 14.9. The van der Waals surface area contributed by atoms with Gasteiger partial charge in [0.15, 0.2) is 0 Å². The zero-order valence-electron chi connectivity index (χ0n) is 21.3. The predicted molar refractivity (Wildman–Crippen MR) is 149 cm³/mol. The fourth-order valence-corrected chi connectivity index (χ4v) is 4.38. The minimum Gasteiger partial charge on any atom is -0.381 e. The molecule has 0 radical (unpaired) electrons. The first-order chi connectivity index (χ1) is 16.4. The topological polar surface area (TPSA) is 40.2 Å². The molecule has 34 heavy (non-hydrogen) atoms. The van der Waals surface area contributed by atoms with E-state index in [0.29, 0.717) is 6.04 Å². The Balaban J connectivity index is 1.76. The predicted octanol–water partition coefficient (Wildman–Crippen LogP) is 5.55. The van der Waals surface area contributed by atoms with Crippen LogP contribution in [0.5, 0.6) is 0 Å². The van der Waals surface area contributed by atoms with E-state index in [4.69, 9.17) is 0 Å². The highest BCUT2D eigenvalue weighted by molar-refractivity contribution is 5.76. The van der Waals surface area contributed by atoms with E-state index in [1.54, 1.807) is 0 Å². The van der Waals surface area contributed by atoms with Crippen molar-refractivity contribution in [3.8, 4) is 0 Å². The second kappa shape index (κ2) is 12.4. The maximum atomic E-state index is 4.45. The van der Waals surface area contributed by atoms with Crippen molar-refractivity contribution in [1.29, 1.82) is 0 Å². The molecule has 180 valence electrons. The number of hydrogen-bond acceptors (Lipinski definition) is 4. The molecule has 2 heterocycles. The van der Waals surface area contributed by atoms with Gasteiger partial charge in [-0.1, -0.05) is 44.7 Å². The Morgan fingerprint density at radius 3 is 2.56 bits per heavy atom. The molecule has 1 aromatic carbocycles. The summed E-state index contributed by atoms with van der Waals surface area (Å²) < 4.78 is 0. The number of aromatic nitrogens is 1. The lowest BCUT2D eigenvalue weighted by Crippen LogP contribution is -2.36. The van der Waals surface area contributed by atoms with E-state index in [1.165, 1.54) is 11.1 Å². The molecule has 3 rings (SSSR count). The smallest absolute Gasteiger partial charge is 0.0535 e. The van der Waals surface area contributed by atoms with E-state index < -0.39 is 0 Å². The summed E-state index contributed by atoms with van der Waals surface area (Å²) in [7, 11) is 2.18. The van der Waals surface area contributed by atoms with E-state index in [9.17, 15) is 0 Å². The number of likely N-dealkylation sites (tertiary alicyclic amines) is 1. The third-order valence-corrected chi connectivity index (χ3v) is 6.48. The van der Waals surface area contributed by atoms with Crippen LogP contribution < -0.4 is 21.1 Å². The Morgan fingerprint density at radius 1 is 1.12 bits per heavy atom. The Labute approximate surface area is 205 Å². The molecule has 0 spiro atoms. The number of anilines is 2. The van der Waals surface area contributed by atoms with Gasteiger partial charge in [-0.2, -0.15) is 0 Å². The molecule has 0 unspecified atom stereocenters. The maximum absolute atomic E-state index is 4.45. The molecule has 1 fully saturated rings. The van der Waals surface area contributed by atoms with Crippen molar-refractivity contribution in [2.75, 3.05) is 30.8 Å². The fraction of sp³-hybridized carbons (Fsp3) is 0.367. The number of rotatable bonds is 9. The summed E-state index contributed by atoms with van der Waals surface area (Å²) in [5.41, 5.74) is 6.47. The molecule has 4 nitrogen and oxygen atoms in total. The summed E-state index contributed by atoms with van der Waals surface area (Å²) in [6, 6.07) is 8.87.